The van der Waals surface area contributed by atoms with Crippen LogP contribution in [0.3, 0.4) is 0 Å². The highest BCUT2D eigenvalue weighted by Crippen LogP contribution is 2.37. The fraction of sp³-hybridized carbons (Fsp3) is 0.579. The van der Waals surface area contributed by atoms with Crippen LogP contribution in [0.15, 0.2) is 12.3 Å². The van der Waals surface area contributed by atoms with Crippen molar-refractivity contribution in [2.75, 3.05) is 54.9 Å². The van der Waals surface area contributed by atoms with Gasteiger partial charge in [-0.2, -0.15) is 28.1 Å². The number of nitrogen functional groups attached to an aromatic ring is 1. The number of halogens is 3. The van der Waals surface area contributed by atoms with Crippen molar-refractivity contribution in [2.24, 2.45) is 0 Å². The molecule has 0 bridgehead atoms. The average Bonchev–Trinajstić information content (AvgIpc) is 3.03. The van der Waals surface area contributed by atoms with Crippen LogP contribution in [0.5, 0.6) is 0 Å². The minimum atomic E-state index is -4.61. The van der Waals surface area contributed by atoms with E-state index in [1.807, 2.05) is 9.80 Å². The number of ether oxygens (including phenoxy) is 1. The number of rotatable bonds is 3. The molecule has 0 aromatic carbocycles. The Morgan fingerprint density at radius 2 is 1.47 bits per heavy atom. The van der Waals surface area contributed by atoms with Crippen LogP contribution in [0.2, 0.25) is 0 Å². The Kier molecular flexibility index (Phi) is 5.89. The van der Waals surface area contributed by atoms with Gasteiger partial charge in [-0.15, -0.1) is 0 Å². The van der Waals surface area contributed by atoms with Crippen molar-refractivity contribution >= 4 is 17.7 Å². The first-order valence-electron chi connectivity index (χ1n) is 10.1. The van der Waals surface area contributed by atoms with Crippen LogP contribution in [0.25, 0.3) is 11.4 Å². The molecule has 0 amide bonds. The van der Waals surface area contributed by atoms with E-state index in [-0.39, 0.29) is 17.2 Å². The van der Waals surface area contributed by atoms with E-state index in [0.29, 0.717) is 38.2 Å². The number of pyridine rings is 1. The lowest BCUT2D eigenvalue weighted by Crippen LogP contribution is -2.38. The maximum atomic E-state index is 13.7. The van der Waals surface area contributed by atoms with E-state index >= 15 is 0 Å². The molecule has 2 N–H and O–H groups in total. The molecule has 2 aromatic heterocycles. The molecular weight excluding hydrogens is 399 g/mol. The number of hydrogen-bond donors (Lipinski definition) is 1. The van der Waals surface area contributed by atoms with Crippen LogP contribution in [-0.2, 0) is 10.9 Å². The highest BCUT2D eigenvalue weighted by Gasteiger charge is 2.35. The molecule has 0 aliphatic carbocycles. The molecule has 0 atom stereocenters. The van der Waals surface area contributed by atoms with E-state index in [4.69, 9.17) is 10.5 Å². The number of nitrogens with zero attached hydrogens (tertiary/aromatic N) is 6. The molecule has 2 saturated heterocycles. The fourth-order valence-corrected chi connectivity index (χ4v) is 3.68. The summed E-state index contributed by atoms with van der Waals surface area (Å²) in [6.45, 7) is 3.68. The summed E-state index contributed by atoms with van der Waals surface area (Å²) in [7, 11) is 0. The second kappa shape index (κ2) is 8.58. The van der Waals surface area contributed by atoms with Crippen molar-refractivity contribution in [1.82, 2.24) is 19.9 Å². The van der Waals surface area contributed by atoms with Gasteiger partial charge >= 0.3 is 6.18 Å². The van der Waals surface area contributed by atoms with Crippen molar-refractivity contribution in [3.05, 3.63) is 17.8 Å². The van der Waals surface area contributed by atoms with Crippen LogP contribution in [0.4, 0.5) is 30.9 Å². The summed E-state index contributed by atoms with van der Waals surface area (Å²) in [5.41, 5.74) is 4.41. The zero-order valence-electron chi connectivity index (χ0n) is 16.5. The molecule has 0 spiro atoms. The summed E-state index contributed by atoms with van der Waals surface area (Å²) < 4.78 is 46.4. The number of hydrogen-bond acceptors (Lipinski definition) is 8. The van der Waals surface area contributed by atoms with Gasteiger partial charge in [0.15, 0.2) is 5.82 Å². The van der Waals surface area contributed by atoms with Crippen LogP contribution >= 0.6 is 0 Å². The lowest BCUT2D eigenvalue weighted by atomic mass is 10.1. The molecule has 2 aliphatic rings. The van der Waals surface area contributed by atoms with Gasteiger partial charge in [0, 0.05) is 32.4 Å². The topological polar surface area (TPSA) is 93.3 Å². The summed E-state index contributed by atoms with van der Waals surface area (Å²) in [5.74, 6) is 0.493. The van der Waals surface area contributed by atoms with Crippen LogP contribution in [0.1, 0.15) is 31.2 Å². The van der Waals surface area contributed by atoms with Crippen LogP contribution < -0.4 is 15.5 Å². The van der Waals surface area contributed by atoms with Crippen molar-refractivity contribution in [2.45, 2.75) is 31.9 Å². The van der Waals surface area contributed by atoms with E-state index in [0.717, 1.165) is 51.0 Å². The standard InChI is InChI=1S/C19H24F3N7O/c20-19(21,22)14-11-15(23)24-12-13(14)16-25-17(28-5-3-1-2-4-6-28)27-18(26-16)29-7-9-30-10-8-29/h11-12H,1-10H2,(H2,23,24). The minimum Gasteiger partial charge on any atom is -0.384 e. The first kappa shape index (κ1) is 20.6. The molecule has 30 heavy (non-hydrogen) atoms. The van der Waals surface area contributed by atoms with Crippen molar-refractivity contribution in [3.63, 3.8) is 0 Å². The molecular formula is C19H24F3N7O. The lowest BCUT2D eigenvalue weighted by Gasteiger charge is -2.28. The summed E-state index contributed by atoms with van der Waals surface area (Å²) in [5, 5.41) is 0. The Balaban J connectivity index is 1.82. The Labute approximate surface area is 172 Å². The molecule has 8 nitrogen and oxygen atoms in total. The SMILES string of the molecule is Nc1cc(C(F)(F)F)c(-c2nc(N3CCCCCC3)nc(N3CCOCC3)n2)cn1. The van der Waals surface area contributed by atoms with Gasteiger partial charge in [0.2, 0.25) is 11.9 Å². The highest BCUT2D eigenvalue weighted by molar-refractivity contribution is 5.64. The van der Waals surface area contributed by atoms with E-state index in [9.17, 15) is 13.2 Å². The first-order valence-corrected chi connectivity index (χ1v) is 10.1. The third-order valence-corrected chi connectivity index (χ3v) is 5.27. The first-order chi connectivity index (χ1) is 14.4. The largest absolute Gasteiger partial charge is 0.417 e. The molecule has 2 aromatic rings. The Hall–Kier alpha value is -2.69. The van der Waals surface area contributed by atoms with Gasteiger partial charge in [-0.25, -0.2) is 4.98 Å². The predicted molar refractivity (Wildman–Crippen MR) is 106 cm³/mol. The second-order valence-corrected chi connectivity index (χ2v) is 7.41. The molecule has 4 rings (SSSR count). The number of anilines is 3. The maximum Gasteiger partial charge on any atom is 0.417 e. The smallest absolute Gasteiger partial charge is 0.384 e. The maximum absolute atomic E-state index is 13.7. The number of morpholine rings is 1. The quantitative estimate of drug-likeness (QED) is 0.806. The van der Waals surface area contributed by atoms with Gasteiger partial charge in [-0.1, -0.05) is 12.8 Å². The predicted octanol–water partition coefficient (Wildman–Crippen LogP) is 2.75. The molecule has 2 fully saturated rings. The minimum absolute atomic E-state index is 0.0504. The van der Waals surface area contributed by atoms with Gasteiger partial charge in [-0.05, 0) is 18.9 Å². The van der Waals surface area contributed by atoms with Crippen molar-refractivity contribution < 1.29 is 17.9 Å². The zero-order valence-corrected chi connectivity index (χ0v) is 16.5. The molecule has 0 unspecified atom stereocenters. The number of alkyl halides is 3. The van der Waals surface area contributed by atoms with E-state index in [2.05, 4.69) is 19.9 Å². The van der Waals surface area contributed by atoms with Gasteiger partial charge < -0.3 is 20.3 Å². The molecule has 2 aliphatic heterocycles. The Bertz CT molecular complexity index is 879. The normalized spacial score (nSPS) is 18.4. The zero-order chi connectivity index (χ0) is 21.1. The average molecular weight is 423 g/mol. The summed E-state index contributed by atoms with van der Waals surface area (Å²) >= 11 is 0. The van der Waals surface area contributed by atoms with E-state index in [1.165, 1.54) is 0 Å². The summed E-state index contributed by atoms with van der Waals surface area (Å²) in [4.78, 5) is 21.2. The molecule has 4 heterocycles. The third-order valence-electron chi connectivity index (χ3n) is 5.27. The van der Waals surface area contributed by atoms with Crippen molar-refractivity contribution in [3.8, 4) is 11.4 Å². The number of nitrogens with two attached hydrogens (primary N) is 1. The van der Waals surface area contributed by atoms with Crippen molar-refractivity contribution in [1.29, 1.82) is 0 Å². The van der Waals surface area contributed by atoms with E-state index in [1.54, 1.807) is 0 Å². The Morgan fingerprint density at radius 1 is 0.867 bits per heavy atom. The fourth-order valence-electron chi connectivity index (χ4n) is 3.68. The van der Waals surface area contributed by atoms with Crippen LogP contribution in [-0.4, -0.2) is 59.3 Å². The third kappa shape index (κ3) is 4.55. The van der Waals surface area contributed by atoms with Crippen LogP contribution in [0, 0.1) is 0 Å². The Morgan fingerprint density at radius 3 is 2.07 bits per heavy atom. The van der Waals surface area contributed by atoms with Gasteiger partial charge in [0.05, 0.1) is 24.3 Å². The highest BCUT2D eigenvalue weighted by atomic mass is 19.4. The van der Waals surface area contributed by atoms with E-state index < -0.39 is 11.7 Å². The molecule has 162 valence electrons. The number of aromatic nitrogens is 4. The van der Waals surface area contributed by atoms with Gasteiger partial charge in [0.1, 0.15) is 5.82 Å². The monoisotopic (exact) mass is 423 g/mol. The second-order valence-electron chi connectivity index (χ2n) is 7.41. The van der Waals surface area contributed by atoms with Gasteiger partial charge in [-0.3, -0.25) is 0 Å². The lowest BCUT2D eigenvalue weighted by molar-refractivity contribution is -0.137. The molecule has 0 saturated carbocycles. The van der Waals surface area contributed by atoms with Gasteiger partial charge in [0.25, 0.3) is 0 Å². The summed E-state index contributed by atoms with van der Waals surface area (Å²) in [6.07, 6.45) is 0.690. The molecule has 0 radical (unpaired) electrons. The molecule has 11 heteroatoms. The summed E-state index contributed by atoms with van der Waals surface area (Å²) in [6, 6.07) is 0.819.